The minimum absolute atomic E-state index is 0.250. The molecule has 0 saturated heterocycles. The van der Waals surface area contributed by atoms with E-state index in [0.717, 1.165) is 12.8 Å². The highest BCUT2D eigenvalue weighted by Gasteiger charge is 1.71. The summed E-state index contributed by atoms with van der Waals surface area (Å²) < 4.78 is 4.72. The van der Waals surface area contributed by atoms with E-state index in [4.69, 9.17) is 16.3 Å². The Morgan fingerprint density at radius 2 is 2.38 bits per heavy atom. The van der Waals surface area contributed by atoms with Crippen molar-refractivity contribution in [1.29, 1.82) is 0 Å². The van der Waals surface area contributed by atoms with Crippen LogP contribution < -0.4 is 0 Å². The molecule has 0 unspecified atom stereocenters. The lowest BCUT2D eigenvalue weighted by Crippen LogP contribution is -1.72. The predicted octanol–water partition coefficient (Wildman–Crippen LogP) is 2.51. The van der Waals surface area contributed by atoms with E-state index in [9.17, 15) is 0 Å². The lowest BCUT2D eigenvalue weighted by atomic mass is 10.3. The zero-order valence-corrected chi connectivity index (χ0v) is 5.82. The van der Waals surface area contributed by atoms with Crippen molar-refractivity contribution in [2.24, 2.45) is 0 Å². The lowest BCUT2D eigenvalue weighted by molar-refractivity contribution is 0.311. The summed E-state index contributed by atoms with van der Waals surface area (Å²) in [4.78, 5) is 0. The number of ether oxygens (including phenoxy) is 1. The average molecular weight is 135 g/mol. The van der Waals surface area contributed by atoms with Crippen molar-refractivity contribution in [1.82, 2.24) is 0 Å². The molecule has 0 aromatic rings. The van der Waals surface area contributed by atoms with Crippen LogP contribution in [0.4, 0.5) is 0 Å². The lowest BCUT2D eigenvalue weighted by Gasteiger charge is -1.88. The molecule has 0 fully saturated rings. The van der Waals surface area contributed by atoms with Crippen LogP contribution in [0.15, 0.2) is 12.3 Å². The largest absolute Gasteiger partial charge is 0.486 e. The molecule has 0 saturated carbocycles. The molecular weight excluding hydrogens is 124 g/mol. The highest BCUT2D eigenvalue weighted by molar-refractivity contribution is 6.17. The van der Waals surface area contributed by atoms with Crippen molar-refractivity contribution in [2.45, 2.75) is 19.8 Å². The fourth-order valence-corrected chi connectivity index (χ4v) is 0.412. The first-order valence-corrected chi connectivity index (χ1v) is 3.27. The van der Waals surface area contributed by atoms with Gasteiger partial charge in [-0.3, -0.25) is 0 Å². The van der Waals surface area contributed by atoms with Crippen LogP contribution in [-0.2, 0) is 4.74 Å². The van der Waals surface area contributed by atoms with Gasteiger partial charge in [0.1, 0.15) is 0 Å². The third kappa shape index (κ3) is 5.83. The first-order chi connectivity index (χ1) is 3.91. The highest BCUT2D eigenvalue weighted by atomic mass is 35.5. The van der Waals surface area contributed by atoms with Crippen LogP contribution in [-0.4, -0.2) is 6.07 Å². The number of rotatable bonds is 4. The first-order valence-electron chi connectivity index (χ1n) is 2.74. The standard InChI is InChI=1S/C6H11ClO/c1-2-3-4-5-8-6-7/h4-5H,2-3,6H2,1H3. The Morgan fingerprint density at radius 3 is 2.88 bits per heavy atom. The monoisotopic (exact) mass is 134 g/mol. The zero-order chi connectivity index (χ0) is 6.24. The van der Waals surface area contributed by atoms with Crippen LogP contribution in [0.1, 0.15) is 19.8 Å². The Hall–Kier alpha value is -0.170. The van der Waals surface area contributed by atoms with Gasteiger partial charge in [-0.1, -0.05) is 24.9 Å². The third-order valence-electron chi connectivity index (χ3n) is 0.711. The van der Waals surface area contributed by atoms with E-state index in [1.165, 1.54) is 0 Å². The van der Waals surface area contributed by atoms with Crippen LogP contribution in [0.3, 0.4) is 0 Å². The minimum Gasteiger partial charge on any atom is -0.486 e. The van der Waals surface area contributed by atoms with Crippen LogP contribution in [0.5, 0.6) is 0 Å². The van der Waals surface area contributed by atoms with E-state index >= 15 is 0 Å². The second kappa shape index (κ2) is 6.83. The molecule has 0 bridgehead atoms. The highest BCUT2D eigenvalue weighted by Crippen LogP contribution is 1.89. The topological polar surface area (TPSA) is 9.23 Å². The number of allylic oxidation sites excluding steroid dienone is 1. The molecule has 2 heteroatoms. The van der Waals surface area contributed by atoms with Gasteiger partial charge in [0.05, 0.1) is 6.26 Å². The maximum atomic E-state index is 5.21. The quantitative estimate of drug-likeness (QED) is 0.424. The van der Waals surface area contributed by atoms with Gasteiger partial charge in [-0.15, -0.1) is 0 Å². The van der Waals surface area contributed by atoms with Gasteiger partial charge in [0.15, 0.2) is 6.07 Å². The number of halogens is 1. The molecule has 0 aliphatic rings. The van der Waals surface area contributed by atoms with Crippen LogP contribution in [0.2, 0.25) is 0 Å². The van der Waals surface area contributed by atoms with E-state index in [2.05, 4.69) is 6.92 Å². The fraction of sp³-hybridized carbons (Fsp3) is 0.667. The Labute approximate surface area is 55.3 Å². The molecule has 48 valence electrons. The molecule has 0 N–H and O–H groups in total. The maximum absolute atomic E-state index is 5.21. The molecule has 0 heterocycles. The summed E-state index contributed by atoms with van der Waals surface area (Å²) in [5, 5.41) is 0. The summed E-state index contributed by atoms with van der Waals surface area (Å²) in [7, 11) is 0. The summed E-state index contributed by atoms with van der Waals surface area (Å²) in [5.41, 5.74) is 0. The van der Waals surface area contributed by atoms with Crippen LogP contribution in [0, 0.1) is 0 Å². The molecule has 1 nitrogen and oxygen atoms in total. The van der Waals surface area contributed by atoms with Gasteiger partial charge in [-0.25, -0.2) is 0 Å². The Balaban J connectivity index is 2.83. The molecule has 0 radical (unpaired) electrons. The number of unbranched alkanes of at least 4 members (excludes halogenated alkanes) is 1. The molecule has 0 aliphatic heterocycles. The SMILES string of the molecule is CCCC=COCCl. The van der Waals surface area contributed by atoms with Gasteiger partial charge < -0.3 is 4.74 Å². The Bertz CT molecular complexity index is 53.5. The van der Waals surface area contributed by atoms with Gasteiger partial charge in [-0.2, -0.15) is 0 Å². The van der Waals surface area contributed by atoms with Gasteiger partial charge >= 0.3 is 0 Å². The Morgan fingerprint density at radius 1 is 1.62 bits per heavy atom. The van der Waals surface area contributed by atoms with Gasteiger partial charge in [0, 0.05) is 0 Å². The van der Waals surface area contributed by atoms with Crippen molar-refractivity contribution in [3.63, 3.8) is 0 Å². The van der Waals surface area contributed by atoms with Crippen LogP contribution in [0.25, 0.3) is 0 Å². The number of alkyl halides is 1. The van der Waals surface area contributed by atoms with Gasteiger partial charge in [0.2, 0.25) is 0 Å². The molecule has 0 aromatic carbocycles. The van der Waals surface area contributed by atoms with Crippen molar-refractivity contribution < 1.29 is 4.74 Å². The summed E-state index contributed by atoms with van der Waals surface area (Å²) >= 11 is 5.21. The van der Waals surface area contributed by atoms with E-state index in [1.54, 1.807) is 6.26 Å². The summed E-state index contributed by atoms with van der Waals surface area (Å²) in [6.45, 7) is 2.12. The average Bonchev–Trinajstić information content (AvgIpc) is 1.81. The fourth-order valence-electron chi connectivity index (χ4n) is 0.339. The summed E-state index contributed by atoms with van der Waals surface area (Å²) in [5.74, 6) is 0. The second-order valence-corrected chi connectivity index (χ2v) is 1.65. The van der Waals surface area contributed by atoms with Crippen molar-refractivity contribution in [2.75, 3.05) is 6.07 Å². The molecule has 0 atom stereocenters. The molecule has 0 spiro atoms. The van der Waals surface area contributed by atoms with Crippen molar-refractivity contribution in [3.05, 3.63) is 12.3 Å². The molecule has 0 aliphatic carbocycles. The Kier molecular flexibility index (Phi) is 6.68. The molecule has 8 heavy (non-hydrogen) atoms. The molecule has 0 rings (SSSR count). The van der Waals surface area contributed by atoms with Gasteiger partial charge in [-0.05, 0) is 12.5 Å². The number of hydrogen-bond acceptors (Lipinski definition) is 1. The normalized spacial score (nSPS) is 10.2. The summed E-state index contributed by atoms with van der Waals surface area (Å²) in [6.07, 6.45) is 5.82. The van der Waals surface area contributed by atoms with Crippen molar-refractivity contribution in [3.8, 4) is 0 Å². The van der Waals surface area contributed by atoms with E-state index < -0.39 is 0 Å². The van der Waals surface area contributed by atoms with Crippen molar-refractivity contribution >= 4 is 11.6 Å². The maximum Gasteiger partial charge on any atom is 0.161 e. The van der Waals surface area contributed by atoms with E-state index in [1.807, 2.05) is 6.08 Å². The summed E-state index contributed by atoms with van der Waals surface area (Å²) in [6, 6.07) is 0.250. The minimum atomic E-state index is 0.250. The smallest absolute Gasteiger partial charge is 0.161 e. The predicted molar refractivity (Wildman–Crippen MR) is 35.9 cm³/mol. The van der Waals surface area contributed by atoms with Gasteiger partial charge in [0.25, 0.3) is 0 Å². The molecular formula is C6H11ClO. The molecule has 0 aromatic heterocycles. The number of hydrogen-bond donors (Lipinski definition) is 0. The van der Waals surface area contributed by atoms with E-state index in [-0.39, 0.29) is 6.07 Å². The van der Waals surface area contributed by atoms with Crippen LogP contribution >= 0.6 is 11.6 Å². The first kappa shape index (κ1) is 7.83. The molecule has 0 amide bonds. The third-order valence-corrected chi connectivity index (χ3v) is 0.837. The zero-order valence-electron chi connectivity index (χ0n) is 5.06. The van der Waals surface area contributed by atoms with E-state index in [0.29, 0.717) is 0 Å². The second-order valence-electron chi connectivity index (χ2n) is 1.44.